The Kier molecular flexibility index (Phi) is 13.3. The fraction of sp³-hybridized carbons (Fsp3) is 0.432. The Morgan fingerprint density at radius 2 is 1.60 bits per heavy atom. The number of aryl methyl sites for hydroxylation is 1. The van der Waals surface area contributed by atoms with Crippen LogP contribution < -0.4 is 10.1 Å². The minimum Gasteiger partial charge on any atom is -0.507 e. The van der Waals surface area contributed by atoms with Crippen molar-refractivity contribution in [2.24, 2.45) is 0 Å². The smallest absolute Gasteiger partial charge is 0.407 e. The molecule has 0 aromatic heterocycles. The number of phenolic OH excluding ortho intramolecular Hbond substituents is 2. The van der Waals surface area contributed by atoms with E-state index in [1.54, 1.807) is 24.3 Å². The first-order valence-corrected chi connectivity index (χ1v) is 20.3. The number of amides is 1. The molecule has 0 unspecified atom stereocenters. The van der Waals surface area contributed by atoms with Gasteiger partial charge in [0.15, 0.2) is 24.0 Å². The van der Waals surface area contributed by atoms with E-state index >= 15 is 0 Å². The van der Waals surface area contributed by atoms with Gasteiger partial charge in [0.1, 0.15) is 60.5 Å². The van der Waals surface area contributed by atoms with E-state index in [4.69, 9.17) is 28.4 Å². The third-order valence-electron chi connectivity index (χ3n) is 12.0. The van der Waals surface area contributed by atoms with Gasteiger partial charge in [-0.25, -0.2) is 9.59 Å². The fourth-order valence-electron chi connectivity index (χ4n) is 8.46. The summed E-state index contributed by atoms with van der Waals surface area (Å²) in [5, 5.41) is 98.7. The first-order chi connectivity index (χ1) is 30.8. The predicted octanol–water partition coefficient (Wildman–Crippen LogP) is 0.0271. The van der Waals surface area contributed by atoms with Crippen molar-refractivity contribution in [3.05, 3.63) is 93.2 Å². The number of ether oxygens (including phenoxy) is 6. The van der Waals surface area contributed by atoms with Crippen LogP contribution in [0.25, 0.3) is 5.57 Å². The maximum atomic E-state index is 14.0. The summed E-state index contributed by atoms with van der Waals surface area (Å²) in [6, 6.07) is 9.77. The Hall–Kier alpha value is -6.01. The van der Waals surface area contributed by atoms with E-state index in [1.807, 2.05) is 6.92 Å². The Balaban J connectivity index is 1.12. The number of carbonyl (C=O) groups excluding carboxylic acids is 4. The number of aliphatic hydroxyl groups is 6. The summed E-state index contributed by atoms with van der Waals surface area (Å²) in [4.78, 5) is 65.8. The number of carbonyl (C=O) groups is 5. The minimum atomic E-state index is -2.43. The molecule has 10 N–H and O–H groups in total. The number of alkyl carbamates (subject to hydrolysis) is 1. The van der Waals surface area contributed by atoms with Crippen molar-refractivity contribution in [3.63, 3.8) is 0 Å². The van der Waals surface area contributed by atoms with Crippen LogP contribution in [0.5, 0.6) is 17.2 Å². The Labute approximate surface area is 369 Å². The molecule has 21 heteroatoms. The van der Waals surface area contributed by atoms with Crippen LogP contribution in [-0.4, -0.2) is 157 Å². The van der Waals surface area contributed by atoms with Crippen molar-refractivity contribution in [3.8, 4) is 17.2 Å². The van der Waals surface area contributed by atoms with E-state index in [9.17, 15) is 69.9 Å². The zero-order valence-electron chi connectivity index (χ0n) is 34.9. The van der Waals surface area contributed by atoms with Gasteiger partial charge in [0.2, 0.25) is 12.1 Å². The molecule has 0 spiro atoms. The molecule has 348 valence electrons. The molecular formula is C44H47NO20. The lowest BCUT2D eigenvalue weighted by Gasteiger charge is -2.42. The van der Waals surface area contributed by atoms with Crippen molar-refractivity contribution >= 4 is 35.0 Å². The number of hydrogen-bond donors (Lipinski definition) is 10. The number of Topliss-reactive ketones (excluding diaryl/α,β-unsaturated/α-hetero) is 1. The number of phenols is 2. The number of hydrogen-bond acceptors (Lipinski definition) is 19. The first-order valence-electron chi connectivity index (χ1n) is 20.3. The van der Waals surface area contributed by atoms with Crippen molar-refractivity contribution in [2.75, 3.05) is 20.3 Å². The lowest BCUT2D eigenvalue weighted by molar-refractivity contribution is -0.281. The van der Waals surface area contributed by atoms with Gasteiger partial charge in [0, 0.05) is 41.5 Å². The van der Waals surface area contributed by atoms with E-state index in [-0.39, 0.29) is 40.0 Å². The number of fused-ring (bicyclic) bond motifs is 3. The summed E-state index contributed by atoms with van der Waals surface area (Å²) in [6.45, 7) is 1.59. The van der Waals surface area contributed by atoms with Gasteiger partial charge in [0.25, 0.3) is 0 Å². The number of carboxylic acids is 1. The number of aliphatic carboxylic acids is 1. The third-order valence-corrected chi connectivity index (χ3v) is 12.0. The zero-order chi connectivity index (χ0) is 47.2. The monoisotopic (exact) mass is 909 g/mol. The van der Waals surface area contributed by atoms with E-state index in [0.29, 0.717) is 5.56 Å². The average molecular weight is 910 g/mol. The molecule has 3 aromatic rings. The highest BCUT2D eigenvalue weighted by Gasteiger charge is 2.51. The maximum absolute atomic E-state index is 14.0. The van der Waals surface area contributed by atoms with E-state index in [1.165, 1.54) is 32.2 Å². The summed E-state index contributed by atoms with van der Waals surface area (Å²) in [6.07, 6.45) is -16.7. The van der Waals surface area contributed by atoms with Crippen molar-refractivity contribution < 1.29 is 98.4 Å². The van der Waals surface area contributed by atoms with Crippen LogP contribution in [0, 0.1) is 6.92 Å². The molecule has 0 bridgehead atoms. The Morgan fingerprint density at radius 3 is 2.26 bits per heavy atom. The largest absolute Gasteiger partial charge is 0.507 e. The summed E-state index contributed by atoms with van der Waals surface area (Å²) < 4.78 is 33.6. The molecule has 65 heavy (non-hydrogen) atoms. The number of aliphatic hydroxyl groups excluding tert-OH is 5. The third kappa shape index (κ3) is 8.77. The Morgan fingerprint density at radius 1 is 0.908 bits per heavy atom. The summed E-state index contributed by atoms with van der Waals surface area (Å²) in [7, 11) is 1.28. The van der Waals surface area contributed by atoms with Gasteiger partial charge in [-0.1, -0.05) is 42.0 Å². The second-order valence-corrected chi connectivity index (χ2v) is 16.2. The summed E-state index contributed by atoms with van der Waals surface area (Å²) >= 11 is 0. The first kappa shape index (κ1) is 47.0. The normalized spacial score (nSPS) is 29.8. The van der Waals surface area contributed by atoms with E-state index in [0.717, 1.165) is 11.8 Å². The lowest BCUT2D eigenvalue weighted by Crippen LogP contribution is -2.60. The highest BCUT2D eigenvalue weighted by Crippen LogP contribution is 2.52. The number of ketones is 3. The molecule has 2 fully saturated rings. The zero-order valence-corrected chi connectivity index (χ0v) is 34.9. The van der Waals surface area contributed by atoms with E-state index in [2.05, 4.69) is 5.32 Å². The molecular weight excluding hydrogens is 862 g/mol. The topological polar surface area (TPSA) is 335 Å². The summed E-state index contributed by atoms with van der Waals surface area (Å²) in [5.41, 5.74) is -3.05. The molecule has 21 nitrogen and oxygen atoms in total. The highest BCUT2D eigenvalue weighted by molar-refractivity contribution is 6.31. The van der Waals surface area contributed by atoms with Gasteiger partial charge in [-0.3, -0.25) is 14.4 Å². The van der Waals surface area contributed by atoms with Gasteiger partial charge >= 0.3 is 12.1 Å². The number of nitrogens with one attached hydrogen (secondary N) is 1. The Bertz CT molecular complexity index is 2420. The number of rotatable bonds is 12. The fourth-order valence-corrected chi connectivity index (χ4v) is 8.46. The van der Waals surface area contributed by atoms with Crippen LogP contribution in [0.15, 0.2) is 48.7 Å². The SMILES string of the molecule is COc1cccc2c1C(=O)c1c(O)c3c(c(O)c1C2=O)C[C@@](O)(C(=O)CO)C[C@@H]3O[C@H]1C[C@H](NC(=O)OC/C(=C/O[C@@H]2O[C@H](C(=O)O)[C@@H](O)[C@H](O)[C@H]2O)c2ccc(C)cc2)[C@H](O)[C@H](C)O1. The molecule has 3 aromatic carbocycles. The molecule has 4 aliphatic rings. The highest BCUT2D eigenvalue weighted by atomic mass is 16.7. The maximum Gasteiger partial charge on any atom is 0.407 e. The number of aromatic hydroxyl groups is 2. The van der Waals surface area contributed by atoms with Gasteiger partial charge in [-0.2, -0.15) is 0 Å². The predicted molar refractivity (Wildman–Crippen MR) is 217 cm³/mol. The van der Waals surface area contributed by atoms with Crippen LogP contribution in [0.3, 0.4) is 0 Å². The molecule has 2 saturated heterocycles. The van der Waals surface area contributed by atoms with Crippen molar-refractivity contribution in [2.45, 2.75) is 100 Å². The second-order valence-electron chi connectivity index (χ2n) is 16.2. The van der Waals surface area contributed by atoms with Crippen molar-refractivity contribution in [1.82, 2.24) is 5.32 Å². The summed E-state index contributed by atoms with van der Waals surface area (Å²) in [5.74, 6) is -6.05. The van der Waals surface area contributed by atoms with Gasteiger partial charge < -0.3 is 79.7 Å². The van der Waals surface area contributed by atoms with Crippen LogP contribution in [-0.2, 0) is 39.7 Å². The van der Waals surface area contributed by atoms with Gasteiger partial charge in [-0.15, -0.1) is 0 Å². The van der Waals surface area contributed by atoms with Crippen LogP contribution in [0.1, 0.15) is 80.0 Å². The minimum absolute atomic E-state index is 0.0154. The van der Waals surface area contributed by atoms with Gasteiger partial charge in [0.05, 0.1) is 48.3 Å². The standard InChI is InChI=1S/C44H47NO20/c1-17-7-9-19(10-8-17)20(15-61-42-39(55)37(53)38(54)40(65-42)41(56)57)16-62-43(58)45-23-11-27(63-18(2)32(23)48)64-25-13-44(59,26(47)14-46)12-22-29(25)36(52)31-30(34(22)50)33(49)21-5-4-6-24(60-3)28(21)35(31)51/h4-10,15,18,23,25,27,32,37-40,42,46,48,50,52-55,59H,11-14,16H2,1-3H3,(H,45,58)(H,56,57)/b20-15-/t18-,23-,25-,27-,32+,37-,38-,39+,40-,42+,44-/m0/s1. The molecule has 0 radical (unpaired) electrons. The van der Waals surface area contributed by atoms with Crippen LogP contribution in [0.2, 0.25) is 0 Å². The van der Waals surface area contributed by atoms with Gasteiger partial charge in [-0.05, 0) is 25.5 Å². The lowest BCUT2D eigenvalue weighted by atomic mass is 9.72. The molecule has 11 atom stereocenters. The number of carboxylic acid groups (broad SMARTS) is 1. The molecule has 1 amide bonds. The van der Waals surface area contributed by atoms with E-state index < -0.39 is 145 Å². The average Bonchev–Trinajstić information content (AvgIpc) is 3.27. The van der Waals surface area contributed by atoms with Crippen LogP contribution >= 0.6 is 0 Å². The van der Waals surface area contributed by atoms with Crippen LogP contribution in [0.4, 0.5) is 4.79 Å². The molecule has 2 heterocycles. The molecule has 2 aliphatic heterocycles. The molecule has 2 aliphatic carbocycles. The number of methoxy groups -OCH3 is 1. The number of benzene rings is 3. The second kappa shape index (κ2) is 18.5. The van der Waals surface area contributed by atoms with Crippen molar-refractivity contribution in [1.29, 1.82) is 0 Å². The molecule has 7 rings (SSSR count). The molecule has 0 saturated carbocycles. The quantitative estimate of drug-likeness (QED) is 0.0662.